The van der Waals surface area contributed by atoms with Gasteiger partial charge in [0.15, 0.2) is 5.65 Å². The third-order valence-electron chi connectivity index (χ3n) is 6.06. The minimum Gasteiger partial charge on any atom is -0.469 e. The molecule has 3 aromatic rings. The molecular weight excluding hydrogens is 366 g/mol. The summed E-state index contributed by atoms with van der Waals surface area (Å²) in [4.78, 5) is 12.7. The van der Waals surface area contributed by atoms with Gasteiger partial charge in [-0.05, 0) is 74.9 Å². The highest BCUT2D eigenvalue weighted by molar-refractivity contribution is 5.77. The molecule has 6 heteroatoms. The Labute approximate surface area is 171 Å². The summed E-state index contributed by atoms with van der Waals surface area (Å²) in [5, 5.41) is 18.2. The molecule has 0 saturated heterocycles. The molecule has 1 aromatic carbocycles. The largest absolute Gasteiger partial charge is 0.469 e. The van der Waals surface area contributed by atoms with Gasteiger partial charge in [-0.1, -0.05) is 18.2 Å². The summed E-state index contributed by atoms with van der Waals surface area (Å²) >= 11 is 0. The van der Waals surface area contributed by atoms with Gasteiger partial charge in [0.1, 0.15) is 5.82 Å². The number of hydrogen-bond donors (Lipinski definition) is 1. The van der Waals surface area contributed by atoms with Crippen LogP contribution in [0.3, 0.4) is 0 Å². The highest BCUT2D eigenvalue weighted by Crippen LogP contribution is 2.40. The second-order valence-electron chi connectivity index (χ2n) is 8.22. The zero-order valence-corrected chi connectivity index (χ0v) is 18.0. The fourth-order valence-corrected chi connectivity index (χ4v) is 3.95. The van der Waals surface area contributed by atoms with Gasteiger partial charge in [0.25, 0.3) is 0 Å². The molecule has 6 nitrogen and oxygen atoms in total. The van der Waals surface area contributed by atoms with Crippen LogP contribution in [0.5, 0.6) is 0 Å². The van der Waals surface area contributed by atoms with Crippen molar-refractivity contribution in [3.05, 3.63) is 64.1 Å². The highest BCUT2D eigenvalue weighted by Gasteiger charge is 2.39. The summed E-state index contributed by atoms with van der Waals surface area (Å²) < 4.78 is 7.09. The minimum atomic E-state index is -0.751. The monoisotopic (exact) mass is 395 g/mol. The second kappa shape index (κ2) is 7.95. The van der Waals surface area contributed by atoms with Crippen molar-refractivity contribution in [2.75, 3.05) is 7.11 Å². The van der Waals surface area contributed by atoms with E-state index in [4.69, 9.17) is 4.74 Å². The zero-order chi connectivity index (χ0) is 21.3. The normalized spacial score (nSPS) is 12.9. The zero-order valence-electron chi connectivity index (χ0n) is 18.0. The van der Waals surface area contributed by atoms with Gasteiger partial charge in [-0.25, -0.2) is 0 Å². The number of fused-ring (bicyclic) bond motifs is 1. The van der Waals surface area contributed by atoms with Crippen LogP contribution in [0.15, 0.2) is 30.5 Å². The van der Waals surface area contributed by atoms with Crippen LogP contribution in [-0.4, -0.2) is 32.8 Å². The Hall–Kier alpha value is -2.73. The number of nitrogens with zero attached hydrogens (tertiary/aromatic N) is 3. The summed E-state index contributed by atoms with van der Waals surface area (Å²) in [6, 6.07) is 8.11. The van der Waals surface area contributed by atoms with Gasteiger partial charge < -0.3 is 9.84 Å². The number of aryl methyl sites for hydroxylation is 3. The van der Waals surface area contributed by atoms with Crippen molar-refractivity contribution in [2.24, 2.45) is 5.41 Å². The molecule has 0 unspecified atom stereocenters. The number of rotatable bonds is 6. The number of aliphatic hydroxyl groups excluding tert-OH is 1. The van der Waals surface area contributed by atoms with Crippen LogP contribution < -0.4 is 0 Å². The first-order valence-corrected chi connectivity index (χ1v) is 9.79. The first kappa shape index (κ1) is 21.0. The molecule has 0 bridgehead atoms. The topological polar surface area (TPSA) is 76.7 Å². The van der Waals surface area contributed by atoms with Crippen molar-refractivity contribution in [3.63, 3.8) is 0 Å². The number of carbonyl (C=O) groups is 1. The lowest BCUT2D eigenvalue weighted by Gasteiger charge is -2.33. The van der Waals surface area contributed by atoms with Crippen LogP contribution in [0.2, 0.25) is 0 Å². The molecule has 0 radical (unpaired) electrons. The first-order chi connectivity index (χ1) is 13.7. The summed E-state index contributed by atoms with van der Waals surface area (Å²) in [5.41, 5.74) is 5.14. The van der Waals surface area contributed by atoms with Crippen molar-refractivity contribution in [3.8, 4) is 0 Å². The predicted molar refractivity (Wildman–Crippen MR) is 112 cm³/mol. The van der Waals surface area contributed by atoms with E-state index in [1.54, 1.807) is 0 Å². The van der Waals surface area contributed by atoms with Crippen LogP contribution in [0.1, 0.15) is 53.4 Å². The summed E-state index contributed by atoms with van der Waals surface area (Å²) in [7, 11) is 1.42. The average molecular weight is 396 g/mol. The van der Waals surface area contributed by atoms with E-state index in [2.05, 4.69) is 16.3 Å². The van der Waals surface area contributed by atoms with Gasteiger partial charge in [-0.2, -0.15) is 0 Å². The number of methoxy groups -OCH3 is 1. The number of esters is 1. The second-order valence-corrected chi connectivity index (χ2v) is 8.22. The van der Waals surface area contributed by atoms with Crippen LogP contribution in [-0.2, 0) is 22.6 Å². The Morgan fingerprint density at radius 1 is 1.17 bits per heavy atom. The Morgan fingerprint density at radius 2 is 1.90 bits per heavy atom. The van der Waals surface area contributed by atoms with E-state index in [0.29, 0.717) is 6.42 Å². The van der Waals surface area contributed by atoms with Gasteiger partial charge in [0.2, 0.25) is 0 Å². The first-order valence-electron chi connectivity index (χ1n) is 9.79. The number of carbonyl (C=O) groups excluding carboxylic acids is 1. The van der Waals surface area contributed by atoms with Gasteiger partial charge in [-0.3, -0.25) is 9.20 Å². The standard InChI is InChI=1S/C23H29N3O3/c1-14-7-8-18(11-19(14)13-27)20(23(4,5)22(28)29-6)12-17-9-10-26-16(3)24-25-21(26)15(17)2/h7-11,20,27H,12-13H2,1-6H3/t20-/m1/s1. The summed E-state index contributed by atoms with van der Waals surface area (Å²) in [6.45, 7) is 9.73. The SMILES string of the molecule is COC(=O)C(C)(C)[C@H](Cc1ccn2c(C)nnc2c1C)c1ccc(C)c(CO)c1. The van der Waals surface area contributed by atoms with Crippen molar-refractivity contribution < 1.29 is 14.6 Å². The Kier molecular flexibility index (Phi) is 5.75. The van der Waals surface area contributed by atoms with Crippen LogP contribution in [0.25, 0.3) is 5.65 Å². The maximum absolute atomic E-state index is 12.7. The Morgan fingerprint density at radius 3 is 2.55 bits per heavy atom. The third-order valence-corrected chi connectivity index (χ3v) is 6.06. The molecule has 0 aliphatic rings. The van der Waals surface area contributed by atoms with Gasteiger partial charge in [0.05, 0.1) is 19.1 Å². The predicted octanol–water partition coefficient (Wildman–Crippen LogP) is 3.67. The van der Waals surface area contributed by atoms with Gasteiger partial charge in [-0.15, -0.1) is 10.2 Å². The van der Waals surface area contributed by atoms with E-state index in [0.717, 1.165) is 39.3 Å². The lowest BCUT2D eigenvalue weighted by Crippen LogP contribution is -2.34. The molecule has 0 amide bonds. The molecule has 0 saturated carbocycles. The van der Waals surface area contributed by atoms with E-state index >= 15 is 0 Å². The molecule has 154 valence electrons. The van der Waals surface area contributed by atoms with Crippen LogP contribution in [0.4, 0.5) is 0 Å². The quantitative estimate of drug-likeness (QED) is 0.645. The molecule has 2 heterocycles. The van der Waals surface area contributed by atoms with Gasteiger partial charge >= 0.3 is 5.97 Å². The van der Waals surface area contributed by atoms with Crippen molar-refractivity contribution in [1.29, 1.82) is 0 Å². The average Bonchev–Trinajstić information content (AvgIpc) is 3.09. The van der Waals surface area contributed by atoms with Gasteiger partial charge in [0, 0.05) is 12.1 Å². The summed E-state index contributed by atoms with van der Waals surface area (Å²) in [5.74, 6) is 0.448. The van der Waals surface area contributed by atoms with Crippen LogP contribution in [0, 0.1) is 26.2 Å². The lowest BCUT2D eigenvalue weighted by molar-refractivity contribution is -0.152. The molecule has 0 fully saturated rings. The molecule has 2 aromatic heterocycles. The fraction of sp³-hybridized carbons (Fsp3) is 0.435. The fourth-order valence-electron chi connectivity index (χ4n) is 3.95. The van der Waals surface area contributed by atoms with E-state index in [-0.39, 0.29) is 18.5 Å². The molecule has 1 atom stereocenters. The lowest BCUT2D eigenvalue weighted by atomic mass is 9.71. The maximum Gasteiger partial charge on any atom is 0.311 e. The molecule has 3 rings (SSSR count). The number of hydrogen-bond acceptors (Lipinski definition) is 5. The van der Waals surface area contributed by atoms with E-state index in [9.17, 15) is 9.90 Å². The number of aliphatic hydroxyl groups is 1. The molecule has 0 spiro atoms. The molecule has 1 N–H and O–H groups in total. The molecule has 0 aliphatic heterocycles. The van der Waals surface area contributed by atoms with E-state index < -0.39 is 5.41 Å². The molecule has 29 heavy (non-hydrogen) atoms. The number of benzene rings is 1. The van der Waals surface area contributed by atoms with Crippen molar-refractivity contribution in [2.45, 2.75) is 53.6 Å². The Balaban J connectivity index is 2.11. The van der Waals surface area contributed by atoms with Crippen molar-refractivity contribution >= 4 is 11.6 Å². The number of pyridine rings is 1. The molecule has 0 aliphatic carbocycles. The smallest absolute Gasteiger partial charge is 0.311 e. The number of aromatic nitrogens is 3. The van der Waals surface area contributed by atoms with Crippen molar-refractivity contribution in [1.82, 2.24) is 14.6 Å². The minimum absolute atomic E-state index is 0.0327. The third kappa shape index (κ3) is 3.77. The van der Waals surface area contributed by atoms with E-state index in [1.165, 1.54) is 7.11 Å². The maximum atomic E-state index is 12.7. The number of ether oxygens (including phenoxy) is 1. The van der Waals surface area contributed by atoms with E-state index in [1.807, 2.05) is 63.4 Å². The molecular formula is C23H29N3O3. The Bertz CT molecular complexity index is 1050. The summed E-state index contributed by atoms with van der Waals surface area (Å²) in [6.07, 6.45) is 2.62. The highest BCUT2D eigenvalue weighted by atomic mass is 16.5. The van der Waals surface area contributed by atoms with Crippen LogP contribution >= 0.6 is 0 Å².